The molecule has 1 unspecified atom stereocenters. The Labute approximate surface area is 194 Å². The Morgan fingerprint density at radius 3 is 2.47 bits per heavy atom. The van der Waals surface area contributed by atoms with Crippen molar-refractivity contribution >= 4 is 39.3 Å². The van der Waals surface area contributed by atoms with Crippen molar-refractivity contribution in [2.75, 3.05) is 31.7 Å². The van der Waals surface area contributed by atoms with Gasteiger partial charge in [0.1, 0.15) is 17.9 Å². The molecular formula is C22H21FN4O6S. The first-order valence-electron chi connectivity index (χ1n) is 10.2. The normalized spacial score (nSPS) is 20.6. The van der Waals surface area contributed by atoms with Crippen LogP contribution in [0.2, 0.25) is 0 Å². The van der Waals surface area contributed by atoms with Crippen LogP contribution in [0.25, 0.3) is 0 Å². The van der Waals surface area contributed by atoms with Crippen molar-refractivity contribution in [2.45, 2.75) is 16.9 Å². The monoisotopic (exact) mass is 488 g/mol. The van der Waals surface area contributed by atoms with Gasteiger partial charge in [-0.25, -0.2) is 17.6 Å². The molecule has 1 fully saturated rings. The van der Waals surface area contributed by atoms with Gasteiger partial charge in [0.25, 0.3) is 11.8 Å². The molecule has 10 nitrogen and oxygen atoms in total. The summed E-state index contributed by atoms with van der Waals surface area (Å²) >= 11 is 0. The van der Waals surface area contributed by atoms with E-state index in [0.29, 0.717) is 16.2 Å². The number of rotatable bonds is 4. The number of nitrogens with one attached hydrogen (secondary N) is 2. The number of amides is 5. The number of carbonyl (C=O) groups is 4. The minimum Gasteiger partial charge on any atom is -0.345 e. The second kappa shape index (κ2) is 8.20. The Hall–Kier alpha value is -3.80. The first-order valence-corrected chi connectivity index (χ1v) is 11.9. The van der Waals surface area contributed by atoms with E-state index >= 15 is 0 Å². The minimum absolute atomic E-state index is 0.152. The average Bonchev–Trinajstić information content (AvgIpc) is 3.01. The Balaban J connectivity index is 1.54. The number of nitrogens with zero attached hydrogens (tertiary/aromatic N) is 2. The largest absolute Gasteiger partial charge is 0.345 e. The lowest BCUT2D eigenvalue weighted by molar-refractivity contribution is -0.134. The number of carbonyl (C=O) groups excluding carboxylic acids is 4. The number of anilines is 1. The van der Waals surface area contributed by atoms with Crippen LogP contribution < -0.4 is 10.6 Å². The summed E-state index contributed by atoms with van der Waals surface area (Å²) in [7, 11) is -0.537. The summed E-state index contributed by atoms with van der Waals surface area (Å²) in [6.07, 6.45) is -0.282. The molecule has 2 aliphatic rings. The van der Waals surface area contributed by atoms with Crippen LogP contribution in [0.15, 0.2) is 47.4 Å². The Kier molecular flexibility index (Phi) is 5.64. The fraction of sp³-hybridized carbons (Fsp3) is 0.273. The van der Waals surface area contributed by atoms with Crippen molar-refractivity contribution in [2.24, 2.45) is 0 Å². The van der Waals surface area contributed by atoms with E-state index in [1.54, 1.807) is 14.1 Å². The molecule has 2 heterocycles. The van der Waals surface area contributed by atoms with E-state index in [0.717, 1.165) is 18.2 Å². The SMILES string of the molecule is CN(C)C(=O)c1ccc(NC(=O)CN2C(=O)NC3(CCS(=O)(=O)c4ccc(F)cc43)C2=O)cc1. The second-order valence-corrected chi connectivity index (χ2v) is 10.3. The quantitative estimate of drug-likeness (QED) is 0.489. The van der Waals surface area contributed by atoms with E-state index in [1.165, 1.54) is 29.2 Å². The number of sulfone groups is 1. The Bertz CT molecular complexity index is 1330. The third-order valence-corrected chi connectivity index (χ3v) is 7.55. The third kappa shape index (κ3) is 3.89. The van der Waals surface area contributed by atoms with Crippen molar-refractivity contribution < 1.29 is 32.0 Å². The van der Waals surface area contributed by atoms with Crippen molar-refractivity contribution in [1.29, 1.82) is 0 Å². The maximum absolute atomic E-state index is 14.0. The lowest BCUT2D eigenvalue weighted by atomic mass is 9.86. The highest BCUT2D eigenvalue weighted by atomic mass is 32.2. The van der Waals surface area contributed by atoms with Crippen molar-refractivity contribution in [3.05, 3.63) is 59.4 Å². The van der Waals surface area contributed by atoms with Gasteiger partial charge >= 0.3 is 6.03 Å². The summed E-state index contributed by atoms with van der Waals surface area (Å²) < 4.78 is 38.8. The predicted octanol–water partition coefficient (Wildman–Crippen LogP) is 1.09. The van der Waals surface area contributed by atoms with Crippen LogP contribution in [0, 0.1) is 5.82 Å². The van der Waals surface area contributed by atoms with Gasteiger partial charge in [-0.3, -0.25) is 19.3 Å². The topological polar surface area (TPSA) is 133 Å². The zero-order chi connectivity index (χ0) is 24.8. The predicted molar refractivity (Wildman–Crippen MR) is 118 cm³/mol. The molecule has 1 atom stereocenters. The van der Waals surface area contributed by atoms with Crippen LogP contribution in [0.4, 0.5) is 14.9 Å². The number of urea groups is 1. The summed E-state index contributed by atoms with van der Waals surface area (Å²) in [5.74, 6) is -2.91. The van der Waals surface area contributed by atoms with E-state index < -0.39 is 51.3 Å². The first-order chi connectivity index (χ1) is 15.9. The van der Waals surface area contributed by atoms with Gasteiger partial charge in [0.2, 0.25) is 5.91 Å². The molecule has 1 saturated heterocycles. The molecule has 5 amide bonds. The summed E-state index contributed by atoms with van der Waals surface area (Å²) in [6.45, 7) is -0.637. The standard InChI is InChI=1S/C22H21FN4O6S/c1-26(2)19(29)13-3-6-15(7-4-13)24-18(28)12-27-20(30)22(25-21(27)31)9-10-34(32,33)17-8-5-14(23)11-16(17)22/h3-8,11H,9-10,12H2,1-2H3,(H,24,28)(H,25,31). The molecular weight excluding hydrogens is 467 g/mol. The fourth-order valence-corrected chi connectivity index (χ4v) is 5.70. The molecule has 2 aromatic carbocycles. The van der Waals surface area contributed by atoms with E-state index in [1.807, 2.05) is 0 Å². The highest BCUT2D eigenvalue weighted by molar-refractivity contribution is 7.91. The molecule has 2 aliphatic heterocycles. The number of benzene rings is 2. The summed E-state index contributed by atoms with van der Waals surface area (Å²) in [4.78, 5) is 52.2. The van der Waals surface area contributed by atoms with Crippen LogP contribution in [0.5, 0.6) is 0 Å². The second-order valence-electron chi connectivity index (χ2n) is 8.26. The molecule has 178 valence electrons. The number of hydrogen-bond donors (Lipinski definition) is 2. The van der Waals surface area contributed by atoms with Gasteiger partial charge in [-0.1, -0.05) is 0 Å². The zero-order valence-electron chi connectivity index (χ0n) is 18.3. The van der Waals surface area contributed by atoms with Gasteiger partial charge in [0, 0.05) is 30.9 Å². The number of fused-ring (bicyclic) bond motifs is 2. The molecule has 0 radical (unpaired) electrons. The van der Waals surface area contributed by atoms with Gasteiger partial charge < -0.3 is 15.5 Å². The first kappa shape index (κ1) is 23.4. The summed E-state index contributed by atoms with van der Waals surface area (Å²) in [6, 6.07) is 8.13. The molecule has 12 heteroatoms. The average molecular weight is 488 g/mol. The van der Waals surface area contributed by atoms with E-state index in [-0.39, 0.29) is 22.8 Å². The number of hydrogen-bond acceptors (Lipinski definition) is 6. The Morgan fingerprint density at radius 2 is 1.82 bits per heavy atom. The molecule has 0 aromatic heterocycles. The highest BCUT2D eigenvalue weighted by Gasteiger charge is 2.56. The molecule has 4 rings (SSSR count). The van der Waals surface area contributed by atoms with Crippen LogP contribution in [0.1, 0.15) is 22.3 Å². The Morgan fingerprint density at radius 1 is 1.15 bits per heavy atom. The molecule has 0 saturated carbocycles. The van der Waals surface area contributed by atoms with Gasteiger partial charge in [-0.15, -0.1) is 0 Å². The van der Waals surface area contributed by atoms with Crippen molar-refractivity contribution in [3.8, 4) is 0 Å². The van der Waals surface area contributed by atoms with Crippen molar-refractivity contribution in [3.63, 3.8) is 0 Å². The fourth-order valence-electron chi connectivity index (χ4n) is 4.06. The number of halogens is 1. The smallest absolute Gasteiger partial charge is 0.325 e. The van der Waals surface area contributed by atoms with Gasteiger partial charge in [0.15, 0.2) is 9.84 Å². The van der Waals surface area contributed by atoms with Crippen LogP contribution >= 0.6 is 0 Å². The number of imide groups is 1. The molecule has 34 heavy (non-hydrogen) atoms. The molecule has 0 bridgehead atoms. The molecule has 1 spiro atoms. The maximum atomic E-state index is 14.0. The lowest BCUT2D eigenvalue weighted by Crippen LogP contribution is -2.49. The maximum Gasteiger partial charge on any atom is 0.325 e. The van der Waals surface area contributed by atoms with Crippen LogP contribution in [-0.4, -0.2) is 68.4 Å². The highest BCUT2D eigenvalue weighted by Crippen LogP contribution is 2.41. The van der Waals surface area contributed by atoms with Crippen molar-refractivity contribution in [1.82, 2.24) is 15.1 Å². The van der Waals surface area contributed by atoms with Crippen LogP contribution in [0.3, 0.4) is 0 Å². The third-order valence-electron chi connectivity index (χ3n) is 5.78. The lowest BCUT2D eigenvalue weighted by Gasteiger charge is -2.32. The molecule has 0 aliphatic carbocycles. The van der Waals surface area contributed by atoms with E-state index in [2.05, 4.69) is 10.6 Å². The molecule has 2 N–H and O–H groups in total. The summed E-state index contributed by atoms with van der Waals surface area (Å²) in [5.41, 5.74) is -1.16. The van der Waals surface area contributed by atoms with E-state index in [4.69, 9.17) is 0 Å². The van der Waals surface area contributed by atoms with Crippen LogP contribution in [-0.2, 0) is 25.0 Å². The van der Waals surface area contributed by atoms with E-state index in [9.17, 15) is 32.0 Å². The van der Waals surface area contributed by atoms with Gasteiger partial charge in [-0.05, 0) is 48.9 Å². The van der Waals surface area contributed by atoms with Gasteiger partial charge in [-0.2, -0.15) is 0 Å². The zero-order valence-corrected chi connectivity index (χ0v) is 19.1. The summed E-state index contributed by atoms with van der Waals surface area (Å²) in [5, 5.41) is 5.02. The molecule has 2 aromatic rings. The van der Waals surface area contributed by atoms with Gasteiger partial charge in [0.05, 0.1) is 10.6 Å². The minimum atomic E-state index is -3.75.